The minimum absolute atomic E-state index is 0.186. The van der Waals surface area contributed by atoms with Gasteiger partial charge in [0.05, 0.1) is 11.9 Å². The van der Waals surface area contributed by atoms with Crippen molar-refractivity contribution in [2.45, 2.75) is 32.7 Å². The van der Waals surface area contributed by atoms with Crippen molar-refractivity contribution in [3.63, 3.8) is 0 Å². The second kappa shape index (κ2) is 3.39. The highest BCUT2D eigenvalue weighted by atomic mass is 15.1. The third kappa shape index (κ3) is 1.46. The van der Waals surface area contributed by atoms with Crippen LogP contribution in [0.4, 0.5) is 0 Å². The lowest BCUT2D eigenvalue weighted by atomic mass is 10.1. The van der Waals surface area contributed by atoms with Gasteiger partial charge in [-0.15, -0.1) is 0 Å². The van der Waals surface area contributed by atoms with Crippen LogP contribution in [0.5, 0.6) is 0 Å². The molecule has 1 aliphatic rings. The first kappa shape index (κ1) is 9.71. The molecule has 0 aromatic carbocycles. The van der Waals surface area contributed by atoms with E-state index >= 15 is 0 Å². The fourth-order valence-electron chi connectivity index (χ4n) is 2.23. The zero-order chi connectivity index (χ0) is 10.3. The average Bonchev–Trinajstić information content (AvgIpc) is 2.89. The highest BCUT2D eigenvalue weighted by molar-refractivity contribution is 5.13. The number of rotatable bonds is 3. The van der Waals surface area contributed by atoms with E-state index < -0.39 is 0 Å². The second-order valence-electron chi connectivity index (χ2n) is 4.38. The lowest BCUT2D eigenvalue weighted by molar-refractivity contribution is 0.537. The second-order valence-corrected chi connectivity index (χ2v) is 4.38. The fourth-order valence-corrected chi connectivity index (χ4v) is 2.23. The molecule has 3 heteroatoms. The molecule has 3 atom stereocenters. The lowest BCUT2D eigenvalue weighted by Gasteiger charge is -2.12. The van der Waals surface area contributed by atoms with E-state index in [9.17, 15) is 0 Å². The smallest absolute Gasteiger partial charge is 0.105 e. The topological polar surface area (TPSA) is 43.8 Å². The van der Waals surface area contributed by atoms with Crippen molar-refractivity contribution in [3.05, 3.63) is 17.7 Å². The standard InChI is InChI=1S/C11H19N3/c1-4-8-5-9(8)11(12)10-6-13-7(2)14(10)3/h6,8-9,11H,4-5,12H2,1-3H3/t8-,9-,11?/m1/s1. The summed E-state index contributed by atoms with van der Waals surface area (Å²) in [5.41, 5.74) is 7.40. The van der Waals surface area contributed by atoms with Gasteiger partial charge in [-0.05, 0) is 25.2 Å². The van der Waals surface area contributed by atoms with Gasteiger partial charge in [0.2, 0.25) is 0 Å². The van der Waals surface area contributed by atoms with E-state index in [1.54, 1.807) is 0 Å². The summed E-state index contributed by atoms with van der Waals surface area (Å²) in [6.45, 7) is 4.26. The number of nitrogens with two attached hydrogens (primary N) is 1. The molecule has 1 fully saturated rings. The van der Waals surface area contributed by atoms with Crippen molar-refractivity contribution in [2.75, 3.05) is 0 Å². The summed E-state index contributed by atoms with van der Waals surface area (Å²) in [6, 6.07) is 0.186. The zero-order valence-electron chi connectivity index (χ0n) is 9.20. The van der Waals surface area contributed by atoms with Gasteiger partial charge in [-0.3, -0.25) is 0 Å². The van der Waals surface area contributed by atoms with Crippen molar-refractivity contribution in [1.82, 2.24) is 9.55 Å². The van der Waals surface area contributed by atoms with Gasteiger partial charge in [-0.1, -0.05) is 13.3 Å². The molecule has 0 bridgehead atoms. The van der Waals surface area contributed by atoms with E-state index in [0.29, 0.717) is 5.92 Å². The molecule has 1 aliphatic carbocycles. The number of hydrogen-bond donors (Lipinski definition) is 1. The predicted octanol–water partition coefficient (Wildman–Crippen LogP) is 1.77. The molecule has 14 heavy (non-hydrogen) atoms. The number of imidazole rings is 1. The van der Waals surface area contributed by atoms with E-state index in [1.807, 2.05) is 20.2 Å². The van der Waals surface area contributed by atoms with Gasteiger partial charge in [0.25, 0.3) is 0 Å². The van der Waals surface area contributed by atoms with E-state index in [0.717, 1.165) is 11.7 Å². The maximum atomic E-state index is 6.22. The van der Waals surface area contributed by atoms with E-state index in [-0.39, 0.29) is 6.04 Å². The Morgan fingerprint density at radius 2 is 2.43 bits per heavy atom. The third-order valence-corrected chi connectivity index (χ3v) is 3.56. The van der Waals surface area contributed by atoms with Crippen LogP contribution in [0.3, 0.4) is 0 Å². The number of nitrogens with zero attached hydrogens (tertiary/aromatic N) is 2. The summed E-state index contributed by atoms with van der Waals surface area (Å²) in [5.74, 6) is 2.58. The largest absolute Gasteiger partial charge is 0.334 e. The van der Waals surface area contributed by atoms with Gasteiger partial charge >= 0.3 is 0 Å². The predicted molar refractivity (Wildman–Crippen MR) is 56.8 cm³/mol. The van der Waals surface area contributed by atoms with E-state index in [4.69, 9.17) is 5.73 Å². The maximum absolute atomic E-state index is 6.22. The molecule has 1 unspecified atom stereocenters. The third-order valence-electron chi connectivity index (χ3n) is 3.56. The van der Waals surface area contributed by atoms with Gasteiger partial charge in [0.1, 0.15) is 5.82 Å². The summed E-state index contributed by atoms with van der Waals surface area (Å²) >= 11 is 0. The van der Waals surface area contributed by atoms with Gasteiger partial charge in [-0.25, -0.2) is 4.98 Å². The molecule has 2 rings (SSSR count). The first-order valence-electron chi connectivity index (χ1n) is 5.39. The Labute approximate surface area is 85.3 Å². The van der Waals surface area contributed by atoms with Crippen molar-refractivity contribution in [2.24, 2.45) is 24.6 Å². The van der Waals surface area contributed by atoms with E-state index in [2.05, 4.69) is 16.5 Å². The molecule has 0 aliphatic heterocycles. The normalized spacial score (nSPS) is 27.7. The van der Waals surface area contributed by atoms with Crippen LogP contribution < -0.4 is 5.73 Å². The fraction of sp³-hybridized carbons (Fsp3) is 0.727. The number of aromatic nitrogens is 2. The number of hydrogen-bond acceptors (Lipinski definition) is 2. The van der Waals surface area contributed by atoms with Crippen LogP contribution in [0.15, 0.2) is 6.20 Å². The van der Waals surface area contributed by atoms with Crippen LogP contribution in [0.2, 0.25) is 0 Å². The lowest BCUT2D eigenvalue weighted by Crippen LogP contribution is -2.17. The first-order chi connectivity index (χ1) is 6.65. The van der Waals surface area contributed by atoms with Crippen molar-refractivity contribution in [3.8, 4) is 0 Å². The monoisotopic (exact) mass is 193 g/mol. The highest BCUT2D eigenvalue weighted by Gasteiger charge is 2.41. The quantitative estimate of drug-likeness (QED) is 0.795. The molecule has 0 radical (unpaired) electrons. The Kier molecular flexibility index (Phi) is 2.35. The van der Waals surface area contributed by atoms with Crippen molar-refractivity contribution in [1.29, 1.82) is 0 Å². The van der Waals surface area contributed by atoms with Crippen molar-refractivity contribution < 1.29 is 0 Å². The Balaban J connectivity index is 2.12. The Hall–Kier alpha value is -0.830. The van der Waals surface area contributed by atoms with Crippen molar-refractivity contribution >= 4 is 0 Å². The average molecular weight is 193 g/mol. The molecular weight excluding hydrogens is 174 g/mol. The molecule has 0 saturated heterocycles. The maximum Gasteiger partial charge on any atom is 0.105 e. The molecule has 1 saturated carbocycles. The summed E-state index contributed by atoms with van der Waals surface area (Å²) in [5, 5.41) is 0. The summed E-state index contributed by atoms with van der Waals surface area (Å²) in [4.78, 5) is 4.28. The van der Waals surface area contributed by atoms with Crippen LogP contribution in [0, 0.1) is 18.8 Å². The molecule has 2 N–H and O–H groups in total. The van der Waals surface area contributed by atoms with Crippen LogP contribution in [-0.2, 0) is 7.05 Å². The van der Waals surface area contributed by atoms with Crippen LogP contribution in [0.25, 0.3) is 0 Å². The Bertz CT molecular complexity index is 329. The SMILES string of the molecule is CC[C@@H]1C[C@H]1C(N)c1cnc(C)n1C. The van der Waals surface area contributed by atoms with Gasteiger partial charge in [-0.2, -0.15) is 0 Å². The Morgan fingerprint density at radius 3 is 2.86 bits per heavy atom. The molecule has 78 valence electrons. The minimum atomic E-state index is 0.186. The zero-order valence-corrected chi connectivity index (χ0v) is 9.20. The summed E-state index contributed by atoms with van der Waals surface area (Å²) in [7, 11) is 2.04. The van der Waals surface area contributed by atoms with Crippen LogP contribution in [-0.4, -0.2) is 9.55 Å². The molecule has 3 nitrogen and oxygen atoms in total. The van der Waals surface area contributed by atoms with Gasteiger partial charge < -0.3 is 10.3 Å². The highest BCUT2D eigenvalue weighted by Crippen LogP contribution is 2.47. The van der Waals surface area contributed by atoms with Gasteiger partial charge in [0.15, 0.2) is 0 Å². The van der Waals surface area contributed by atoms with Crippen LogP contribution in [0.1, 0.15) is 37.3 Å². The number of aryl methyl sites for hydroxylation is 1. The molecule has 1 aromatic rings. The summed E-state index contributed by atoms with van der Waals surface area (Å²) in [6.07, 6.45) is 4.47. The molecule has 0 amide bonds. The molecule has 1 heterocycles. The molecular formula is C11H19N3. The molecule has 1 aromatic heterocycles. The molecule has 0 spiro atoms. The first-order valence-corrected chi connectivity index (χ1v) is 5.39. The minimum Gasteiger partial charge on any atom is -0.334 e. The van der Waals surface area contributed by atoms with Crippen LogP contribution >= 0.6 is 0 Å². The van der Waals surface area contributed by atoms with E-state index in [1.165, 1.54) is 18.5 Å². The summed E-state index contributed by atoms with van der Waals surface area (Å²) < 4.78 is 2.11. The Morgan fingerprint density at radius 1 is 1.71 bits per heavy atom. The van der Waals surface area contributed by atoms with Gasteiger partial charge in [0, 0.05) is 13.1 Å².